The Balaban J connectivity index is 1.11. The summed E-state index contributed by atoms with van der Waals surface area (Å²) in [6, 6.07) is 9.85. The normalized spacial score (nSPS) is 27.9. The van der Waals surface area contributed by atoms with Crippen LogP contribution >= 0.6 is 0 Å². The molecule has 1 aliphatic carbocycles. The van der Waals surface area contributed by atoms with E-state index in [2.05, 4.69) is 27.1 Å². The second kappa shape index (κ2) is 7.69. The Hall–Kier alpha value is -2.84. The molecule has 31 heavy (non-hydrogen) atoms. The molecule has 0 unspecified atom stereocenters. The van der Waals surface area contributed by atoms with Crippen molar-refractivity contribution in [3.8, 4) is 17.2 Å². The smallest absolute Gasteiger partial charge is 0.165 e. The molecule has 4 heterocycles. The van der Waals surface area contributed by atoms with Crippen LogP contribution in [-0.2, 0) is 6.54 Å². The first-order chi connectivity index (χ1) is 15.2. The monoisotopic (exact) mass is 422 g/mol. The predicted octanol–water partition coefficient (Wildman–Crippen LogP) is 2.15. The third-order valence-electron chi connectivity index (χ3n) is 6.71. The first-order valence-electron chi connectivity index (χ1n) is 11.0. The third kappa shape index (κ3) is 3.70. The lowest BCUT2D eigenvalue weighted by molar-refractivity contribution is -0.0233. The second-order valence-electron chi connectivity index (χ2n) is 8.81. The van der Waals surface area contributed by atoms with Gasteiger partial charge in [-0.05, 0) is 54.5 Å². The van der Waals surface area contributed by atoms with Crippen molar-refractivity contribution >= 4 is 5.65 Å². The fraction of sp³-hybridized carbons (Fsp3) is 0.478. The minimum atomic E-state index is -0.457. The standard InChI is InChI=1S/C23H26N4O4/c28-19-8-16-12-26(11-15-3-4-27-23(7-15)24-14-25-27)13-17(16)9-21(19)31-18-1-2-20-22(10-18)30-6-5-29-20/h1-4,7,10,14,16-17,19,21,28H,5-6,8-9,11-13H2/t16-,17+,19+,21+/m0/s1. The number of rotatable bonds is 4. The van der Waals surface area contributed by atoms with E-state index in [9.17, 15) is 5.11 Å². The fourth-order valence-corrected chi connectivity index (χ4v) is 5.23. The van der Waals surface area contributed by atoms with E-state index in [1.807, 2.05) is 24.4 Å². The van der Waals surface area contributed by atoms with Crippen LogP contribution in [0.1, 0.15) is 18.4 Å². The zero-order chi connectivity index (χ0) is 20.8. The van der Waals surface area contributed by atoms with Crippen LogP contribution in [0, 0.1) is 11.8 Å². The minimum Gasteiger partial charge on any atom is -0.488 e. The van der Waals surface area contributed by atoms with Crippen LogP contribution in [0.3, 0.4) is 0 Å². The molecular formula is C23H26N4O4. The zero-order valence-corrected chi connectivity index (χ0v) is 17.3. The second-order valence-corrected chi connectivity index (χ2v) is 8.81. The lowest BCUT2D eigenvalue weighted by Crippen LogP contribution is -2.42. The highest BCUT2D eigenvalue weighted by Gasteiger charge is 2.42. The molecule has 1 aromatic carbocycles. The van der Waals surface area contributed by atoms with Gasteiger partial charge in [-0.3, -0.25) is 4.90 Å². The number of hydrogen-bond acceptors (Lipinski definition) is 7. The van der Waals surface area contributed by atoms with Gasteiger partial charge in [0, 0.05) is 31.9 Å². The summed E-state index contributed by atoms with van der Waals surface area (Å²) < 4.78 is 19.2. The average molecular weight is 422 g/mol. The predicted molar refractivity (Wildman–Crippen MR) is 112 cm³/mol. The number of aromatic nitrogens is 3. The molecule has 3 aliphatic rings. The minimum absolute atomic E-state index is 0.198. The molecule has 6 rings (SSSR count). The number of likely N-dealkylation sites (tertiary alicyclic amines) is 1. The summed E-state index contributed by atoms with van der Waals surface area (Å²) in [6.07, 6.45) is 4.52. The topological polar surface area (TPSA) is 81.4 Å². The summed E-state index contributed by atoms with van der Waals surface area (Å²) in [6.45, 7) is 4.04. The van der Waals surface area contributed by atoms with Gasteiger partial charge in [0.1, 0.15) is 31.4 Å². The van der Waals surface area contributed by atoms with Crippen LogP contribution in [0.15, 0.2) is 42.9 Å². The van der Waals surface area contributed by atoms with E-state index in [0.29, 0.717) is 30.8 Å². The van der Waals surface area contributed by atoms with Gasteiger partial charge in [0.05, 0.1) is 6.10 Å². The number of aliphatic hydroxyl groups excluding tert-OH is 1. The number of ether oxygens (including phenoxy) is 3. The zero-order valence-electron chi connectivity index (χ0n) is 17.3. The van der Waals surface area contributed by atoms with E-state index < -0.39 is 6.10 Å². The van der Waals surface area contributed by atoms with Crippen molar-refractivity contribution in [1.29, 1.82) is 0 Å². The molecular weight excluding hydrogens is 396 g/mol. The van der Waals surface area contributed by atoms with Gasteiger partial charge in [-0.1, -0.05) is 0 Å². The Bertz CT molecular complexity index is 1090. The van der Waals surface area contributed by atoms with Crippen molar-refractivity contribution in [2.45, 2.75) is 31.6 Å². The molecule has 8 heteroatoms. The molecule has 2 aromatic heterocycles. The van der Waals surface area contributed by atoms with Gasteiger partial charge in [0.15, 0.2) is 17.1 Å². The van der Waals surface area contributed by atoms with E-state index in [1.165, 1.54) is 5.56 Å². The summed E-state index contributed by atoms with van der Waals surface area (Å²) >= 11 is 0. The lowest BCUT2D eigenvalue weighted by atomic mass is 9.78. The lowest BCUT2D eigenvalue weighted by Gasteiger charge is -2.35. The van der Waals surface area contributed by atoms with Crippen molar-refractivity contribution in [2.24, 2.45) is 11.8 Å². The highest BCUT2D eigenvalue weighted by molar-refractivity contribution is 5.46. The maximum Gasteiger partial charge on any atom is 0.165 e. The summed E-state index contributed by atoms with van der Waals surface area (Å²) in [5.41, 5.74) is 2.11. The van der Waals surface area contributed by atoms with E-state index in [1.54, 1.807) is 10.8 Å². The van der Waals surface area contributed by atoms with Crippen molar-refractivity contribution < 1.29 is 19.3 Å². The van der Waals surface area contributed by atoms with Gasteiger partial charge in [-0.25, -0.2) is 9.50 Å². The number of benzene rings is 1. The summed E-state index contributed by atoms with van der Waals surface area (Å²) in [5, 5.41) is 14.9. The van der Waals surface area contributed by atoms with Crippen molar-refractivity contribution in [1.82, 2.24) is 19.5 Å². The van der Waals surface area contributed by atoms with Crippen molar-refractivity contribution in [3.05, 3.63) is 48.4 Å². The van der Waals surface area contributed by atoms with Gasteiger partial charge < -0.3 is 19.3 Å². The van der Waals surface area contributed by atoms with Crippen molar-refractivity contribution in [3.63, 3.8) is 0 Å². The molecule has 1 N–H and O–H groups in total. The van der Waals surface area contributed by atoms with E-state index >= 15 is 0 Å². The Kier molecular flexibility index (Phi) is 4.69. The number of pyridine rings is 1. The largest absolute Gasteiger partial charge is 0.488 e. The number of fused-ring (bicyclic) bond motifs is 3. The molecule has 2 aliphatic heterocycles. The van der Waals surface area contributed by atoms with Crippen LogP contribution in [-0.4, -0.2) is 63.1 Å². The highest BCUT2D eigenvalue weighted by atomic mass is 16.6. The van der Waals surface area contributed by atoms with E-state index in [0.717, 1.165) is 49.6 Å². The Morgan fingerprint density at radius 3 is 2.77 bits per heavy atom. The van der Waals surface area contributed by atoms with Crippen LogP contribution in [0.25, 0.3) is 5.65 Å². The molecule has 0 amide bonds. The Labute approximate surface area is 180 Å². The molecule has 1 saturated carbocycles. The molecule has 162 valence electrons. The summed E-state index contributed by atoms with van der Waals surface area (Å²) in [7, 11) is 0. The van der Waals surface area contributed by atoms with Gasteiger partial charge in [0.2, 0.25) is 0 Å². The molecule has 2 fully saturated rings. The van der Waals surface area contributed by atoms with Gasteiger partial charge in [0.25, 0.3) is 0 Å². The molecule has 0 bridgehead atoms. The Morgan fingerprint density at radius 1 is 1.03 bits per heavy atom. The van der Waals surface area contributed by atoms with E-state index in [-0.39, 0.29) is 6.10 Å². The van der Waals surface area contributed by atoms with Gasteiger partial charge in [-0.2, -0.15) is 5.10 Å². The summed E-state index contributed by atoms with van der Waals surface area (Å²) in [5.74, 6) is 3.22. The third-order valence-corrected chi connectivity index (χ3v) is 6.71. The molecule has 0 spiro atoms. The number of nitrogens with zero attached hydrogens (tertiary/aromatic N) is 4. The first-order valence-corrected chi connectivity index (χ1v) is 11.0. The molecule has 8 nitrogen and oxygen atoms in total. The van der Waals surface area contributed by atoms with Gasteiger partial charge in [-0.15, -0.1) is 0 Å². The first kappa shape index (κ1) is 18.9. The molecule has 0 radical (unpaired) electrons. The molecule has 4 atom stereocenters. The number of hydrogen-bond donors (Lipinski definition) is 1. The maximum absolute atomic E-state index is 10.8. The SMILES string of the molecule is O[C@@H]1C[C@H]2CN(Cc3ccn4ncnc4c3)C[C@H]2C[C@H]1Oc1ccc2c(c1)OCCO2. The van der Waals surface area contributed by atoms with Crippen LogP contribution < -0.4 is 14.2 Å². The quantitative estimate of drug-likeness (QED) is 0.690. The summed E-state index contributed by atoms with van der Waals surface area (Å²) in [4.78, 5) is 6.76. The fourth-order valence-electron chi connectivity index (χ4n) is 5.23. The number of aliphatic hydroxyl groups is 1. The van der Waals surface area contributed by atoms with Crippen LogP contribution in [0.5, 0.6) is 17.2 Å². The van der Waals surface area contributed by atoms with Crippen LogP contribution in [0.2, 0.25) is 0 Å². The van der Waals surface area contributed by atoms with E-state index in [4.69, 9.17) is 14.2 Å². The maximum atomic E-state index is 10.8. The molecule has 3 aromatic rings. The van der Waals surface area contributed by atoms with Gasteiger partial charge >= 0.3 is 0 Å². The van der Waals surface area contributed by atoms with Crippen LogP contribution in [0.4, 0.5) is 0 Å². The Morgan fingerprint density at radius 2 is 1.87 bits per heavy atom. The van der Waals surface area contributed by atoms with Crippen molar-refractivity contribution in [2.75, 3.05) is 26.3 Å². The molecule has 1 saturated heterocycles. The highest BCUT2D eigenvalue weighted by Crippen LogP contribution is 2.40. The average Bonchev–Trinajstić information content (AvgIpc) is 3.39.